The fraction of sp³-hybridized carbons (Fsp3) is 0.400. The molecule has 0 aliphatic heterocycles. The summed E-state index contributed by atoms with van der Waals surface area (Å²) in [7, 11) is 11.0. The Bertz CT molecular complexity index is 1520. The van der Waals surface area contributed by atoms with Gasteiger partial charge in [0.15, 0.2) is 0 Å². The Kier molecular flexibility index (Phi) is 17.0. The third-order valence-corrected chi connectivity index (χ3v) is 8.20. The molecular weight excluding hydrogens is 671 g/mol. The maximum absolute atomic E-state index is 4.93. The predicted molar refractivity (Wildman–Crippen MR) is 199 cm³/mol. The van der Waals surface area contributed by atoms with Crippen molar-refractivity contribution in [3.8, 4) is 11.1 Å². The number of halogens is 2. The number of hydrogen-bond acceptors (Lipinski definition) is 0. The molecule has 0 amide bonds. The van der Waals surface area contributed by atoms with Gasteiger partial charge in [-0.15, -0.1) is 69.1 Å². The third-order valence-electron chi connectivity index (χ3n) is 8.20. The molecule has 0 heterocycles. The normalized spacial score (nSPS) is 12.2. The average Bonchev–Trinajstić information content (AvgIpc) is 3.60. The van der Waals surface area contributed by atoms with E-state index in [2.05, 4.69) is 153 Å². The van der Waals surface area contributed by atoms with Crippen molar-refractivity contribution in [3.63, 3.8) is 0 Å². The van der Waals surface area contributed by atoms with Gasteiger partial charge in [-0.25, -0.2) is 0 Å². The van der Waals surface area contributed by atoms with Crippen LogP contribution in [0, 0.1) is 6.92 Å². The summed E-state index contributed by atoms with van der Waals surface area (Å²) in [5, 5.41) is 5.59. The Labute approximate surface area is 290 Å². The van der Waals surface area contributed by atoms with Gasteiger partial charge in [0.2, 0.25) is 0 Å². The van der Waals surface area contributed by atoms with Gasteiger partial charge in [0.05, 0.1) is 0 Å². The van der Waals surface area contributed by atoms with Crippen molar-refractivity contribution in [2.75, 3.05) is 0 Å². The zero-order chi connectivity index (χ0) is 32.9. The molecule has 4 heteroatoms. The molecule has 0 aromatic heterocycles. The molecule has 0 nitrogen and oxygen atoms in total. The molecule has 0 saturated carbocycles. The van der Waals surface area contributed by atoms with Crippen LogP contribution >= 0.6 is 17.0 Å². The topological polar surface area (TPSA) is 0 Å². The van der Waals surface area contributed by atoms with Gasteiger partial charge in [0.1, 0.15) is 0 Å². The Morgan fingerprint density at radius 1 is 0.795 bits per heavy atom. The molecule has 0 saturated heterocycles. The molecule has 0 bridgehead atoms. The molecule has 0 aliphatic rings. The van der Waals surface area contributed by atoms with Gasteiger partial charge >= 0.3 is 37.9 Å². The number of rotatable bonds is 6. The van der Waals surface area contributed by atoms with Crippen molar-refractivity contribution in [1.82, 2.24) is 0 Å². The molecule has 2 unspecified atom stereocenters. The summed E-state index contributed by atoms with van der Waals surface area (Å²) in [5.74, 6) is 1.35. The standard InChI is InChI=1S/C20H21.C18H25.C2H6Si.2ClH.Zr/c1-14-12-16-6-5-7-18(19(16)13-14)15-8-10-17(11-9-15)20(2,3)4;1-5-8-14(4)16-11-15-9-7-10-17(13(3)6-2)18(15)12-16;1-3-2;;;/h5-13H,1-4H3;7,9-14H,5-6,8H2,1-4H3;1-2H3;2*1H;/q2*-1;;;;+4/p-2. The van der Waals surface area contributed by atoms with E-state index in [9.17, 15) is 0 Å². The first-order valence-corrected chi connectivity index (χ1v) is 24.3. The predicted octanol–water partition coefficient (Wildman–Crippen LogP) is 14.0. The van der Waals surface area contributed by atoms with Crippen LogP contribution in [0.4, 0.5) is 0 Å². The van der Waals surface area contributed by atoms with Crippen LogP contribution in [0.25, 0.3) is 32.7 Å². The molecule has 2 atom stereocenters. The Balaban J connectivity index is 0.000000262. The van der Waals surface area contributed by atoms with Gasteiger partial charge in [0, 0.05) is 9.52 Å². The molecule has 0 fully saturated rings. The average molecular weight is 723 g/mol. The Morgan fingerprint density at radius 3 is 1.91 bits per heavy atom. The monoisotopic (exact) mass is 720 g/mol. The van der Waals surface area contributed by atoms with Gasteiger partial charge in [0.25, 0.3) is 0 Å². The third kappa shape index (κ3) is 11.1. The van der Waals surface area contributed by atoms with E-state index in [-0.39, 0.29) is 5.41 Å². The number of benzene rings is 3. The number of aryl methyl sites for hydroxylation is 1. The van der Waals surface area contributed by atoms with Crippen LogP contribution in [0.15, 0.2) is 84.9 Å². The van der Waals surface area contributed by atoms with E-state index in [0.717, 1.165) is 9.52 Å². The van der Waals surface area contributed by atoms with Gasteiger partial charge < -0.3 is 0 Å². The van der Waals surface area contributed by atoms with E-state index in [1.165, 1.54) is 74.2 Å². The van der Waals surface area contributed by atoms with Gasteiger partial charge in [-0.2, -0.15) is 12.1 Å². The van der Waals surface area contributed by atoms with E-state index in [1.807, 2.05) is 0 Å². The summed E-state index contributed by atoms with van der Waals surface area (Å²) >= 11 is -0.826. The van der Waals surface area contributed by atoms with Crippen LogP contribution in [0.3, 0.4) is 0 Å². The van der Waals surface area contributed by atoms with E-state index < -0.39 is 20.8 Å². The van der Waals surface area contributed by atoms with Crippen molar-refractivity contribution in [3.05, 3.63) is 107 Å². The second-order valence-corrected chi connectivity index (χ2v) is 17.6. The van der Waals surface area contributed by atoms with Crippen LogP contribution < -0.4 is 0 Å². The van der Waals surface area contributed by atoms with Crippen molar-refractivity contribution in [1.29, 1.82) is 0 Å². The molecule has 234 valence electrons. The van der Waals surface area contributed by atoms with E-state index in [4.69, 9.17) is 17.0 Å². The van der Waals surface area contributed by atoms with Crippen LogP contribution in [0.2, 0.25) is 13.1 Å². The van der Waals surface area contributed by atoms with Crippen molar-refractivity contribution < 1.29 is 20.8 Å². The molecule has 5 aromatic carbocycles. The van der Waals surface area contributed by atoms with E-state index >= 15 is 0 Å². The molecule has 0 spiro atoms. The Hall–Kier alpha value is -1.44. The molecule has 2 radical (unpaired) electrons. The van der Waals surface area contributed by atoms with E-state index in [0.29, 0.717) is 11.8 Å². The second-order valence-electron chi connectivity index (χ2n) is 12.9. The van der Waals surface area contributed by atoms with Crippen LogP contribution in [0.1, 0.15) is 102 Å². The van der Waals surface area contributed by atoms with Crippen LogP contribution in [-0.4, -0.2) is 9.52 Å². The summed E-state index contributed by atoms with van der Waals surface area (Å²) in [6.07, 6.45) is 3.76. The quantitative estimate of drug-likeness (QED) is 0.121. The molecule has 5 rings (SSSR count). The number of hydrogen-bond donors (Lipinski definition) is 0. The minimum absolute atomic E-state index is 0.210. The van der Waals surface area contributed by atoms with Crippen molar-refractivity contribution >= 4 is 48.1 Å². The maximum atomic E-state index is 4.93. The van der Waals surface area contributed by atoms with Gasteiger partial charge in [-0.05, 0) is 34.8 Å². The van der Waals surface area contributed by atoms with Crippen LogP contribution in [0.5, 0.6) is 0 Å². The molecule has 44 heavy (non-hydrogen) atoms. The van der Waals surface area contributed by atoms with Gasteiger partial charge in [-0.1, -0.05) is 129 Å². The summed E-state index contributed by atoms with van der Waals surface area (Å²) < 4.78 is 0. The number of fused-ring (bicyclic) bond motifs is 2. The van der Waals surface area contributed by atoms with Crippen LogP contribution in [-0.2, 0) is 26.3 Å². The molecule has 5 aromatic rings. The Morgan fingerprint density at radius 2 is 1.36 bits per heavy atom. The first kappa shape index (κ1) is 38.7. The summed E-state index contributed by atoms with van der Waals surface area (Å²) in [6, 6.07) is 31.7. The van der Waals surface area contributed by atoms with Crippen molar-refractivity contribution in [2.24, 2.45) is 0 Å². The fourth-order valence-electron chi connectivity index (χ4n) is 5.60. The van der Waals surface area contributed by atoms with E-state index in [1.54, 1.807) is 0 Å². The van der Waals surface area contributed by atoms with Crippen molar-refractivity contribution in [2.45, 2.75) is 105 Å². The summed E-state index contributed by atoms with van der Waals surface area (Å²) in [6.45, 7) is 22.4. The fourth-order valence-corrected chi connectivity index (χ4v) is 5.60. The SMILES string of the molecule is CCCC(C)c1cc2c(C(C)CC)cccc2[cH-]1.C[Si]C.Cc1cc2c(-c3ccc(C(C)(C)C)cc3)cccc2[cH-]1.[Cl][Zr+2][Cl]. The molecular formula is C40H52Cl2SiZr. The zero-order valence-corrected chi connectivity index (χ0v) is 33.6. The first-order chi connectivity index (χ1) is 20.9. The molecule has 0 aliphatic carbocycles. The van der Waals surface area contributed by atoms with Gasteiger partial charge in [-0.3, -0.25) is 0 Å². The zero-order valence-electron chi connectivity index (χ0n) is 28.6. The minimum atomic E-state index is -0.826. The first-order valence-electron chi connectivity index (χ1n) is 16.0. The summed E-state index contributed by atoms with van der Waals surface area (Å²) in [5.41, 5.74) is 8.59. The molecule has 0 N–H and O–H groups in total. The second kappa shape index (κ2) is 19.3. The summed E-state index contributed by atoms with van der Waals surface area (Å²) in [4.78, 5) is 0.